The van der Waals surface area contributed by atoms with E-state index < -0.39 is 0 Å². The lowest BCUT2D eigenvalue weighted by Crippen LogP contribution is -2.03. The van der Waals surface area contributed by atoms with E-state index in [1.54, 1.807) is 55.7 Å². The molecule has 2 N–H and O–H groups in total. The van der Waals surface area contributed by atoms with Gasteiger partial charge >= 0.3 is 0 Å². The number of nitrogens with zero attached hydrogens (tertiary/aromatic N) is 2. The number of phenols is 1. The summed E-state index contributed by atoms with van der Waals surface area (Å²) in [5.41, 5.74) is 4.04. The summed E-state index contributed by atoms with van der Waals surface area (Å²) in [7, 11) is 1.74. The Morgan fingerprint density at radius 3 is 2.53 bits per heavy atom. The van der Waals surface area contributed by atoms with E-state index in [1.165, 1.54) is 5.56 Å². The molecule has 0 fully saturated rings. The fourth-order valence-electron chi connectivity index (χ4n) is 3.70. The van der Waals surface area contributed by atoms with Crippen LogP contribution in [0, 0.1) is 6.92 Å². The lowest BCUT2D eigenvalue weighted by Gasteiger charge is -2.11. The Kier molecular flexibility index (Phi) is 8.42. The number of rotatable bonds is 10. The number of aromatic nitrogens is 2. The Bertz CT molecular complexity index is 1350. The zero-order valence-electron chi connectivity index (χ0n) is 20.2. The summed E-state index contributed by atoms with van der Waals surface area (Å²) in [5.74, 6) is 1.73. The molecule has 0 amide bonds. The van der Waals surface area contributed by atoms with Gasteiger partial charge in [-0.15, -0.1) is 0 Å². The molecule has 0 aliphatic carbocycles. The summed E-state index contributed by atoms with van der Waals surface area (Å²) in [6.07, 6.45) is 5.75. The maximum absolute atomic E-state index is 10.8. The molecule has 0 saturated heterocycles. The summed E-state index contributed by atoms with van der Waals surface area (Å²) in [6, 6.07) is 22.6. The number of benzene rings is 3. The van der Waals surface area contributed by atoms with Crippen LogP contribution < -0.4 is 9.47 Å². The van der Waals surface area contributed by atoms with Crippen molar-refractivity contribution >= 4 is 17.8 Å². The average Bonchev–Trinajstić information content (AvgIpc) is 3.24. The molecule has 0 radical (unpaired) electrons. The maximum Gasteiger partial charge on any atom is 0.176 e. The molecule has 0 saturated carbocycles. The van der Waals surface area contributed by atoms with Gasteiger partial charge in [0.05, 0.1) is 5.69 Å². The maximum atomic E-state index is 10.8. The Hall–Kier alpha value is -4.03. The fourth-order valence-corrected chi connectivity index (χ4v) is 3.82. The number of aryl methyl sites for hydroxylation is 2. The zero-order chi connectivity index (χ0) is 25.3. The van der Waals surface area contributed by atoms with Crippen LogP contribution in [0.15, 0.2) is 89.4 Å². The highest BCUT2D eigenvalue weighted by atomic mass is 35.5. The van der Waals surface area contributed by atoms with Gasteiger partial charge in [-0.05, 0) is 61.7 Å². The van der Waals surface area contributed by atoms with Crippen molar-refractivity contribution in [1.29, 1.82) is 0 Å². The molecule has 0 aliphatic heterocycles. The molecule has 0 atom stereocenters. The number of hydrogen-bond acceptors (Lipinski definition) is 5. The van der Waals surface area contributed by atoms with Crippen molar-refractivity contribution < 1.29 is 14.6 Å². The quantitative estimate of drug-likeness (QED) is 0.226. The summed E-state index contributed by atoms with van der Waals surface area (Å²) < 4.78 is 12.0. The third-order valence-corrected chi connectivity index (χ3v) is 5.78. The minimum atomic E-state index is 0.0405. The minimum Gasteiger partial charge on any atom is -0.507 e. The summed E-state index contributed by atoms with van der Waals surface area (Å²) in [6.45, 7) is 2.20. The molecule has 1 aromatic heterocycles. The Morgan fingerprint density at radius 2 is 1.81 bits per heavy atom. The lowest BCUT2D eigenvalue weighted by molar-refractivity contribution is 0.354. The number of aliphatic imine (C=N–C) groups is 1. The van der Waals surface area contributed by atoms with Crippen molar-refractivity contribution in [2.24, 2.45) is 4.99 Å². The highest BCUT2D eigenvalue weighted by molar-refractivity contribution is 6.30. The number of H-pyrrole nitrogens is 1. The van der Waals surface area contributed by atoms with E-state index in [1.807, 2.05) is 25.1 Å². The standard InChI is InChI=1S/C29H28ClN3O3/c1-20-29(36-24-13-11-23(30)12-14-24)28(33-32-20)26-16-15-25(17-27(26)34)35-19-22(18-31-2)10-6-9-21-7-4-3-5-8-21/h3-5,7-8,10-18,34H,6,9,19H2,1-2H3,(H,32,33)/b22-10+,31-18?. The molecule has 1 heterocycles. The van der Waals surface area contributed by atoms with E-state index >= 15 is 0 Å². The molecule has 184 valence electrons. The van der Waals surface area contributed by atoms with E-state index in [2.05, 4.69) is 33.4 Å². The van der Waals surface area contributed by atoms with Gasteiger partial charge in [-0.25, -0.2) is 0 Å². The smallest absolute Gasteiger partial charge is 0.176 e. The van der Waals surface area contributed by atoms with Crippen LogP contribution in [0.2, 0.25) is 5.02 Å². The fraction of sp³-hybridized carbons (Fsp3) is 0.172. The van der Waals surface area contributed by atoms with E-state index in [9.17, 15) is 5.11 Å². The second kappa shape index (κ2) is 12.1. The van der Waals surface area contributed by atoms with Crippen molar-refractivity contribution in [3.05, 3.63) is 101 Å². The number of phenolic OH excluding ortho intramolecular Hbond substituents is 1. The van der Waals surface area contributed by atoms with Gasteiger partial charge in [0.2, 0.25) is 0 Å². The van der Waals surface area contributed by atoms with Crippen molar-refractivity contribution in [3.8, 4) is 34.3 Å². The van der Waals surface area contributed by atoms with Crippen LogP contribution >= 0.6 is 11.6 Å². The molecular formula is C29H28ClN3O3. The van der Waals surface area contributed by atoms with Crippen LogP contribution in [-0.4, -0.2) is 35.2 Å². The highest BCUT2D eigenvalue weighted by Crippen LogP contribution is 2.39. The second-order valence-corrected chi connectivity index (χ2v) is 8.68. The molecule has 4 rings (SSSR count). The molecule has 0 spiro atoms. The van der Waals surface area contributed by atoms with Gasteiger partial charge < -0.3 is 14.6 Å². The number of aromatic amines is 1. The first-order valence-electron chi connectivity index (χ1n) is 11.6. The Balaban J connectivity index is 1.44. The van der Waals surface area contributed by atoms with Gasteiger partial charge in [-0.1, -0.05) is 48.0 Å². The number of aromatic hydroxyl groups is 1. The number of ether oxygens (including phenoxy) is 2. The van der Waals surface area contributed by atoms with Gasteiger partial charge in [0.1, 0.15) is 29.5 Å². The van der Waals surface area contributed by atoms with E-state index in [0.717, 1.165) is 24.1 Å². The van der Waals surface area contributed by atoms with Crippen LogP contribution in [0.25, 0.3) is 11.3 Å². The number of allylic oxidation sites excluding steroid dienone is 1. The Morgan fingerprint density at radius 1 is 1.06 bits per heavy atom. The van der Waals surface area contributed by atoms with Gasteiger partial charge in [-0.2, -0.15) is 5.10 Å². The molecular weight excluding hydrogens is 474 g/mol. The zero-order valence-corrected chi connectivity index (χ0v) is 21.0. The van der Waals surface area contributed by atoms with Gasteiger partial charge in [0, 0.05) is 35.5 Å². The van der Waals surface area contributed by atoms with Gasteiger partial charge in [0.25, 0.3) is 0 Å². The Labute approximate surface area is 215 Å². The van der Waals surface area contributed by atoms with E-state index in [4.69, 9.17) is 21.1 Å². The van der Waals surface area contributed by atoms with Crippen molar-refractivity contribution in [3.63, 3.8) is 0 Å². The summed E-state index contributed by atoms with van der Waals surface area (Å²) >= 11 is 5.97. The molecule has 0 aliphatic rings. The molecule has 4 aromatic rings. The summed E-state index contributed by atoms with van der Waals surface area (Å²) in [5, 5.41) is 18.7. The van der Waals surface area contributed by atoms with E-state index in [-0.39, 0.29) is 5.75 Å². The van der Waals surface area contributed by atoms with Crippen molar-refractivity contribution in [1.82, 2.24) is 10.2 Å². The molecule has 3 aromatic carbocycles. The molecule has 0 unspecified atom stereocenters. The molecule has 6 nitrogen and oxygen atoms in total. The third kappa shape index (κ3) is 6.55. The van der Waals surface area contributed by atoms with Gasteiger partial charge in [0.15, 0.2) is 5.75 Å². The normalized spacial score (nSPS) is 11.7. The SMILES string of the molecule is CN=C/C(=C\CCc1ccccc1)COc1ccc(-c2n[nH]c(C)c2Oc2ccc(Cl)cc2)c(O)c1. The van der Waals surface area contributed by atoms with E-state index in [0.29, 0.717) is 40.1 Å². The van der Waals surface area contributed by atoms with Gasteiger partial charge in [-0.3, -0.25) is 10.1 Å². The first-order chi connectivity index (χ1) is 17.5. The monoisotopic (exact) mass is 501 g/mol. The first kappa shape index (κ1) is 25.1. The number of hydrogen-bond donors (Lipinski definition) is 2. The van der Waals surface area contributed by atoms with Crippen LogP contribution in [0.3, 0.4) is 0 Å². The van der Waals surface area contributed by atoms with Crippen LogP contribution in [0.4, 0.5) is 0 Å². The topological polar surface area (TPSA) is 79.7 Å². The first-order valence-corrected chi connectivity index (χ1v) is 12.0. The number of nitrogens with one attached hydrogen (secondary N) is 1. The van der Waals surface area contributed by atoms with Crippen LogP contribution in [0.5, 0.6) is 23.0 Å². The van der Waals surface area contributed by atoms with Crippen molar-refractivity contribution in [2.75, 3.05) is 13.7 Å². The van der Waals surface area contributed by atoms with Crippen LogP contribution in [-0.2, 0) is 6.42 Å². The number of halogens is 1. The predicted octanol–water partition coefficient (Wildman–Crippen LogP) is 7.18. The molecule has 7 heteroatoms. The third-order valence-electron chi connectivity index (χ3n) is 5.53. The molecule has 36 heavy (non-hydrogen) atoms. The highest BCUT2D eigenvalue weighted by Gasteiger charge is 2.18. The average molecular weight is 502 g/mol. The van der Waals surface area contributed by atoms with Crippen LogP contribution in [0.1, 0.15) is 17.7 Å². The largest absolute Gasteiger partial charge is 0.507 e. The lowest BCUT2D eigenvalue weighted by atomic mass is 10.1. The predicted molar refractivity (Wildman–Crippen MR) is 145 cm³/mol. The molecule has 0 bridgehead atoms. The van der Waals surface area contributed by atoms with Crippen molar-refractivity contribution in [2.45, 2.75) is 19.8 Å². The minimum absolute atomic E-state index is 0.0405. The second-order valence-electron chi connectivity index (χ2n) is 8.24. The summed E-state index contributed by atoms with van der Waals surface area (Å²) in [4.78, 5) is 4.14.